The fourth-order valence-corrected chi connectivity index (χ4v) is 3.00. The molecule has 0 saturated carbocycles. The summed E-state index contributed by atoms with van der Waals surface area (Å²) in [7, 11) is 0. The van der Waals surface area contributed by atoms with Gasteiger partial charge in [0.15, 0.2) is 0 Å². The SMILES string of the molecule is O=C(NCC(O)CO)c1sc2cc(F)ccc2c1Cl. The van der Waals surface area contributed by atoms with Crippen LogP contribution < -0.4 is 5.32 Å². The molecule has 1 amide bonds. The second-order valence-electron chi connectivity index (χ2n) is 3.93. The van der Waals surface area contributed by atoms with Crippen molar-refractivity contribution in [3.8, 4) is 0 Å². The highest BCUT2D eigenvalue weighted by atomic mass is 35.5. The molecule has 3 N–H and O–H groups in total. The van der Waals surface area contributed by atoms with E-state index >= 15 is 0 Å². The number of thiophene rings is 1. The minimum absolute atomic E-state index is 0.0751. The number of benzene rings is 1. The molecule has 0 fully saturated rings. The molecule has 7 heteroatoms. The van der Waals surface area contributed by atoms with Crippen LogP contribution in [0.4, 0.5) is 4.39 Å². The van der Waals surface area contributed by atoms with Gasteiger partial charge in [-0.15, -0.1) is 11.3 Å². The van der Waals surface area contributed by atoms with Gasteiger partial charge in [0.05, 0.1) is 17.7 Å². The lowest BCUT2D eigenvalue weighted by Gasteiger charge is -2.07. The minimum atomic E-state index is -1.02. The van der Waals surface area contributed by atoms with E-state index in [0.29, 0.717) is 10.1 Å². The molecule has 0 spiro atoms. The molecule has 0 radical (unpaired) electrons. The Balaban J connectivity index is 2.25. The number of halogens is 2. The van der Waals surface area contributed by atoms with Gasteiger partial charge in [-0.05, 0) is 18.2 Å². The number of fused-ring (bicyclic) bond motifs is 1. The van der Waals surface area contributed by atoms with Crippen LogP contribution in [-0.4, -0.2) is 35.4 Å². The molecule has 102 valence electrons. The summed E-state index contributed by atoms with van der Waals surface area (Å²) in [5.41, 5.74) is 0. The lowest BCUT2D eigenvalue weighted by atomic mass is 10.2. The van der Waals surface area contributed by atoms with Gasteiger partial charge in [0.1, 0.15) is 10.7 Å². The van der Waals surface area contributed by atoms with E-state index in [0.717, 1.165) is 11.3 Å². The van der Waals surface area contributed by atoms with E-state index in [2.05, 4.69) is 5.32 Å². The number of rotatable bonds is 4. The summed E-state index contributed by atoms with van der Waals surface area (Å²) in [4.78, 5) is 12.1. The number of aliphatic hydroxyl groups is 2. The molecule has 4 nitrogen and oxygen atoms in total. The van der Waals surface area contributed by atoms with Crippen molar-refractivity contribution in [1.82, 2.24) is 5.32 Å². The molecule has 0 bridgehead atoms. The van der Waals surface area contributed by atoms with Crippen LogP contribution in [0.25, 0.3) is 10.1 Å². The molecular weight excluding hydrogens is 293 g/mol. The molecule has 2 aromatic rings. The van der Waals surface area contributed by atoms with E-state index < -0.39 is 24.4 Å². The maximum absolute atomic E-state index is 13.1. The molecule has 0 aliphatic rings. The van der Waals surface area contributed by atoms with Gasteiger partial charge in [-0.2, -0.15) is 0 Å². The molecule has 1 atom stereocenters. The second kappa shape index (κ2) is 5.83. The zero-order chi connectivity index (χ0) is 14.0. The van der Waals surface area contributed by atoms with Gasteiger partial charge in [0.25, 0.3) is 5.91 Å². The van der Waals surface area contributed by atoms with E-state index in [1.807, 2.05) is 0 Å². The molecule has 1 heterocycles. The van der Waals surface area contributed by atoms with Crippen molar-refractivity contribution in [3.63, 3.8) is 0 Å². The molecule has 0 saturated heterocycles. The summed E-state index contributed by atoms with van der Waals surface area (Å²) in [5, 5.41) is 21.1. The van der Waals surface area contributed by atoms with Crippen LogP contribution in [0.3, 0.4) is 0 Å². The van der Waals surface area contributed by atoms with Gasteiger partial charge < -0.3 is 15.5 Å². The average molecular weight is 304 g/mol. The number of aliphatic hydroxyl groups excluding tert-OH is 2. The first-order chi connectivity index (χ1) is 9.02. The Kier molecular flexibility index (Phi) is 4.36. The Morgan fingerprint density at radius 2 is 2.26 bits per heavy atom. The van der Waals surface area contributed by atoms with Crippen molar-refractivity contribution < 1.29 is 19.4 Å². The maximum Gasteiger partial charge on any atom is 0.263 e. The molecular formula is C12H11ClFNO3S. The van der Waals surface area contributed by atoms with Crippen LogP contribution in [0, 0.1) is 5.82 Å². The summed E-state index contributed by atoms with van der Waals surface area (Å²) in [6.45, 7) is -0.514. The molecule has 0 aliphatic heterocycles. The van der Waals surface area contributed by atoms with Crippen molar-refractivity contribution in [1.29, 1.82) is 0 Å². The zero-order valence-corrected chi connectivity index (χ0v) is 11.3. The molecule has 0 aliphatic carbocycles. The van der Waals surface area contributed by atoms with Crippen LogP contribution >= 0.6 is 22.9 Å². The lowest BCUT2D eigenvalue weighted by molar-refractivity contribution is 0.0804. The second-order valence-corrected chi connectivity index (χ2v) is 5.36. The first-order valence-corrected chi connectivity index (χ1v) is 6.67. The van der Waals surface area contributed by atoms with Crippen LogP contribution in [-0.2, 0) is 0 Å². The van der Waals surface area contributed by atoms with E-state index in [-0.39, 0.29) is 16.4 Å². The number of hydrogen-bond acceptors (Lipinski definition) is 4. The minimum Gasteiger partial charge on any atom is -0.394 e. The number of nitrogens with one attached hydrogen (secondary N) is 1. The van der Waals surface area contributed by atoms with Crippen molar-refractivity contribution in [2.75, 3.05) is 13.2 Å². The highest BCUT2D eigenvalue weighted by Crippen LogP contribution is 2.35. The van der Waals surface area contributed by atoms with Crippen molar-refractivity contribution >= 4 is 38.9 Å². The topological polar surface area (TPSA) is 69.6 Å². The fourth-order valence-electron chi connectivity index (χ4n) is 1.54. The quantitative estimate of drug-likeness (QED) is 0.806. The fraction of sp³-hybridized carbons (Fsp3) is 0.250. The third-order valence-electron chi connectivity index (χ3n) is 2.51. The summed E-state index contributed by atoms with van der Waals surface area (Å²) in [6, 6.07) is 4.10. The van der Waals surface area contributed by atoms with Crippen LogP contribution in [0.2, 0.25) is 5.02 Å². The first-order valence-electron chi connectivity index (χ1n) is 5.47. The Hall–Kier alpha value is -1.21. The Labute approximate surface area is 117 Å². The van der Waals surface area contributed by atoms with E-state index in [1.54, 1.807) is 0 Å². The molecule has 1 aromatic heterocycles. The third-order valence-corrected chi connectivity index (χ3v) is 4.16. The Morgan fingerprint density at radius 3 is 2.95 bits per heavy atom. The Bertz CT molecular complexity index is 616. The summed E-state index contributed by atoms with van der Waals surface area (Å²) in [6.07, 6.45) is -1.02. The average Bonchev–Trinajstić information content (AvgIpc) is 2.72. The van der Waals surface area contributed by atoms with Crippen molar-refractivity contribution in [2.24, 2.45) is 0 Å². The summed E-state index contributed by atoms with van der Waals surface area (Å²) in [5.74, 6) is -0.854. The van der Waals surface area contributed by atoms with Gasteiger partial charge in [0, 0.05) is 16.6 Å². The highest BCUT2D eigenvalue weighted by Gasteiger charge is 2.17. The largest absolute Gasteiger partial charge is 0.394 e. The Morgan fingerprint density at radius 1 is 1.53 bits per heavy atom. The van der Waals surface area contributed by atoms with Crippen LogP contribution in [0.5, 0.6) is 0 Å². The van der Waals surface area contributed by atoms with Crippen molar-refractivity contribution in [2.45, 2.75) is 6.10 Å². The molecule has 1 aromatic carbocycles. The summed E-state index contributed by atoms with van der Waals surface area (Å²) < 4.78 is 13.7. The predicted octanol–water partition coefficient (Wildman–Crippen LogP) is 1.78. The highest BCUT2D eigenvalue weighted by molar-refractivity contribution is 7.21. The monoisotopic (exact) mass is 303 g/mol. The normalized spacial score (nSPS) is 12.6. The number of amides is 1. The maximum atomic E-state index is 13.1. The van der Waals surface area contributed by atoms with Crippen LogP contribution in [0.15, 0.2) is 18.2 Å². The van der Waals surface area contributed by atoms with Gasteiger partial charge in [0.2, 0.25) is 0 Å². The molecule has 2 rings (SSSR count). The van der Waals surface area contributed by atoms with Crippen LogP contribution in [0.1, 0.15) is 9.67 Å². The van der Waals surface area contributed by atoms with E-state index in [4.69, 9.17) is 21.8 Å². The third kappa shape index (κ3) is 3.03. The van der Waals surface area contributed by atoms with Gasteiger partial charge in [-0.1, -0.05) is 11.6 Å². The molecule has 1 unspecified atom stereocenters. The van der Waals surface area contributed by atoms with E-state index in [9.17, 15) is 9.18 Å². The standard InChI is InChI=1S/C12H11ClFNO3S/c13-10-8-2-1-6(14)3-9(8)19-11(10)12(18)15-4-7(17)5-16/h1-3,7,16-17H,4-5H2,(H,15,18). The smallest absolute Gasteiger partial charge is 0.263 e. The van der Waals surface area contributed by atoms with Gasteiger partial charge >= 0.3 is 0 Å². The number of carbonyl (C=O) groups excluding carboxylic acids is 1. The predicted molar refractivity (Wildman–Crippen MR) is 72.2 cm³/mol. The van der Waals surface area contributed by atoms with Gasteiger partial charge in [-0.25, -0.2) is 4.39 Å². The van der Waals surface area contributed by atoms with Gasteiger partial charge in [-0.3, -0.25) is 4.79 Å². The number of hydrogen-bond donors (Lipinski definition) is 3. The first kappa shape index (κ1) is 14.2. The van der Waals surface area contributed by atoms with Crippen molar-refractivity contribution in [3.05, 3.63) is 33.9 Å². The zero-order valence-electron chi connectivity index (χ0n) is 9.69. The summed E-state index contributed by atoms with van der Waals surface area (Å²) >= 11 is 7.15. The lowest BCUT2D eigenvalue weighted by Crippen LogP contribution is -2.33. The van der Waals surface area contributed by atoms with E-state index in [1.165, 1.54) is 18.2 Å². The number of carbonyl (C=O) groups is 1. The molecule has 19 heavy (non-hydrogen) atoms.